The first-order chi connectivity index (χ1) is 8.25. The van der Waals surface area contributed by atoms with Gasteiger partial charge in [0.2, 0.25) is 0 Å². The van der Waals surface area contributed by atoms with Gasteiger partial charge in [0.15, 0.2) is 0 Å². The Morgan fingerprint density at radius 3 is 3.00 bits per heavy atom. The molecular weight excluding hydrogens is 234 g/mol. The molecule has 0 saturated heterocycles. The molecule has 2 aromatic heterocycles. The van der Waals surface area contributed by atoms with Crippen molar-refractivity contribution in [3.8, 4) is 0 Å². The summed E-state index contributed by atoms with van der Waals surface area (Å²) in [4.78, 5) is 12.8. The van der Waals surface area contributed by atoms with Crippen LogP contribution in [0, 0.1) is 6.92 Å². The maximum Gasteiger partial charge on any atom is 0.290 e. The molecule has 0 aliphatic carbocycles. The van der Waals surface area contributed by atoms with Gasteiger partial charge in [-0.2, -0.15) is 4.68 Å². The van der Waals surface area contributed by atoms with Gasteiger partial charge >= 0.3 is 0 Å². The van der Waals surface area contributed by atoms with Gasteiger partial charge in [0, 0.05) is 0 Å². The maximum absolute atomic E-state index is 12.1. The van der Waals surface area contributed by atoms with E-state index in [9.17, 15) is 4.79 Å². The van der Waals surface area contributed by atoms with Crippen LogP contribution in [0.2, 0.25) is 0 Å². The van der Waals surface area contributed by atoms with Gasteiger partial charge in [0.25, 0.3) is 5.91 Å². The van der Waals surface area contributed by atoms with Crippen molar-refractivity contribution < 1.29 is 4.79 Å². The third kappa shape index (κ3) is 1.64. The van der Waals surface area contributed by atoms with E-state index in [1.54, 1.807) is 6.07 Å². The highest BCUT2D eigenvalue weighted by molar-refractivity contribution is 7.12. The average Bonchev–Trinajstić information content (AvgIpc) is 2.96. The number of aryl methyl sites for hydroxylation is 1. The molecule has 84 valence electrons. The Kier molecular flexibility index (Phi) is 2.26. The monoisotopic (exact) mass is 243 g/mol. The lowest BCUT2D eigenvalue weighted by Crippen LogP contribution is -2.12. The van der Waals surface area contributed by atoms with Gasteiger partial charge in [-0.05, 0) is 36.1 Å². The highest BCUT2D eigenvalue weighted by Crippen LogP contribution is 2.16. The SMILES string of the molecule is Cc1ccc2c(c1)nnn2C(=O)c1cccs1. The smallest absolute Gasteiger partial charge is 0.266 e. The molecule has 0 saturated carbocycles. The van der Waals surface area contributed by atoms with E-state index < -0.39 is 0 Å². The van der Waals surface area contributed by atoms with Crippen LogP contribution in [0.4, 0.5) is 0 Å². The van der Waals surface area contributed by atoms with Crippen molar-refractivity contribution in [1.29, 1.82) is 0 Å². The number of aromatic nitrogens is 3. The standard InChI is InChI=1S/C12H9N3OS/c1-8-4-5-10-9(7-8)13-14-15(10)12(16)11-3-2-6-17-11/h2-7H,1H3. The van der Waals surface area contributed by atoms with Crippen LogP contribution in [0.15, 0.2) is 35.7 Å². The number of carbonyl (C=O) groups excluding carboxylic acids is 1. The number of hydrogen-bond donors (Lipinski definition) is 0. The lowest BCUT2D eigenvalue weighted by Gasteiger charge is -1.98. The van der Waals surface area contributed by atoms with Gasteiger partial charge in [0.05, 0.1) is 10.4 Å². The topological polar surface area (TPSA) is 47.8 Å². The molecule has 5 heteroatoms. The molecular formula is C12H9N3OS. The molecule has 3 rings (SSSR count). The predicted octanol–water partition coefficient (Wildman–Crippen LogP) is 2.49. The van der Waals surface area contributed by atoms with Crippen LogP contribution in [0.3, 0.4) is 0 Å². The molecule has 1 aromatic carbocycles. The number of fused-ring (bicyclic) bond motifs is 1. The molecule has 4 nitrogen and oxygen atoms in total. The highest BCUT2D eigenvalue weighted by atomic mass is 32.1. The maximum atomic E-state index is 12.1. The summed E-state index contributed by atoms with van der Waals surface area (Å²) in [6.45, 7) is 1.99. The molecule has 0 fully saturated rings. The van der Waals surface area contributed by atoms with Crippen LogP contribution >= 0.6 is 11.3 Å². The third-order valence-electron chi connectivity index (χ3n) is 2.53. The van der Waals surface area contributed by atoms with E-state index in [1.165, 1.54) is 16.0 Å². The lowest BCUT2D eigenvalue weighted by molar-refractivity contribution is 0.0952. The first-order valence-corrected chi connectivity index (χ1v) is 6.04. The molecule has 0 radical (unpaired) electrons. The Balaban J connectivity index is 2.15. The lowest BCUT2D eigenvalue weighted by atomic mass is 10.2. The van der Waals surface area contributed by atoms with Crippen LogP contribution in [0.5, 0.6) is 0 Å². The summed E-state index contributed by atoms with van der Waals surface area (Å²) >= 11 is 1.40. The molecule has 3 aromatic rings. The van der Waals surface area contributed by atoms with Crippen molar-refractivity contribution in [2.24, 2.45) is 0 Å². The minimum absolute atomic E-state index is 0.133. The van der Waals surface area contributed by atoms with E-state index in [0.29, 0.717) is 4.88 Å². The van der Waals surface area contributed by atoms with Crippen molar-refractivity contribution in [3.05, 3.63) is 46.2 Å². The fourth-order valence-electron chi connectivity index (χ4n) is 1.69. The Morgan fingerprint density at radius 1 is 1.35 bits per heavy atom. The summed E-state index contributed by atoms with van der Waals surface area (Å²) in [6.07, 6.45) is 0. The van der Waals surface area contributed by atoms with E-state index in [-0.39, 0.29) is 5.91 Å². The predicted molar refractivity (Wildman–Crippen MR) is 66.3 cm³/mol. The summed E-state index contributed by atoms with van der Waals surface area (Å²) < 4.78 is 1.35. The number of carbonyl (C=O) groups is 1. The first kappa shape index (κ1) is 10.2. The molecule has 0 spiro atoms. The van der Waals surface area contributed by atoms with Crippen molar-refractivity contribution in [3.63, 3.8) is 0 Å². The zero-order chi connectivity index (χ0) is 11.8. The average molecular weight is 243 g/mol. The molecule has 0 aliphatic heterocycles. The Labute approximate surface area is 101 Å². The quantitative estimate of drug-likeness (QED) is 0.659. The van der Waals surface area contributed by atoms with Crippen molar-refractivity contribution in [1.82, 2.24) is 15.0 Å². The van der Waals surface area contributed by atoms with E-state index >= 15 is 0 Å². The van der Waals surface area contributed by atoms with E-state index in [0.717, 1.165) is 16.6 Å². The van der Waals surface area contributed by atoms with Crippen LogP contribution < -0.4 is 0 Å². The van der Waals surface area contributed by atoms with Crippen molar-refractivity contribution in [2.45, 2.75) is 6.92 Å². The zero-order valence-electron chi connectivity index (χ0n) is 9.12. The van der Waals surface area contributed by atoms with E-state index in [2.05, 4.69) is 10.3 Å². The Hall–Kier alpha value is -2.01. The number of thiophene rings is 1. The second kappa shape index (κ2) is 3.78. The number of benzene rings is 1. The fourth-order valence-corrected chi connectivity index (χ4v) is 2.34. The minimum atomic E-state index is -0.133. The number of nitrogens with zero attached hydrogens (tertiary/aromatic N) is 3. The van der Waals surface area contributed by atoms with Gasteiger partial charge in [0.1, 0.15) is 5.52 Å². The Bertz CT molecular complexity index is 685. The summed E-state index contributed by atoms with van der Waals surface area (Å²) in [5, 5.41) is 9.79. The molecule has 2 heterocycles. The summed E-state index contributed by atoms with van der Waals surface area (Å²) in [5.41, 5.74) is 2.59. The normalized spacial score (nSPS) is 10.9. The molecule has 0 bridgehead atoms. The molecule has 0 aliphatic rings. The van der Waals surface area contributed by atoms with Crippen LogP contribution in [0.1, 0.15) is 15.2 Å². The van der Waals surface area contributed by atoms with Gasteiger partial charge in [-0.15, -0.1) is 16.4 Å². The van der Waals surface area contributed by atoms with Crippen molar-refractivity contribution in [2.75, 3.05) is 0 Å². The number of hydrogen-bond acceptors (Lipinski definition) is 4. The molecule has 17 heavy (non-hydrogen) atoms. The van der Waals surface area contributed by atoms with Crippen LogP contribution in [0.25, 0.3) is 11.0 Å². The van der Waals surface area contributed by atoms with Gasteiger partial charge < -0.3 is 0 Å². The second-order valence-electron chi connectivity index (χ2n) is 3.78. The summed E-state index contributed by atoms with van der Waals surface area (Å²) in [7, 11) is 0. The summed E-state index contributed by atoms with van der Waals surface area (Å²) in [5.74, 6) is -0.133. The van der Waals surface area contributed by atoms with Gasteiger partial charge in [-0.25, -0.2) is 0 Å². The second-order valence-corrected chi connectivity index (χ2v) is 4.72. The largest absolute Gasteiger partial charge is 0.290 e. The number of rotatable bonds is 1. The van der Waals surface area contributed by atoms with E-state index in [1.807, 2.05) is 36.6 Å². The zero-order valence-corrected chi connectivity index (χ0v) is 9.94. The third-order valence-corrected chi connectivity index (χ3v) is 3.38. The highest BCUT2D eigenvalue weighted by Gasteiger charge is 2.14. The first-order valence-electron chi connectivity index (χ1n) is 5.16. The van der Waals surface area contributed by atoms with Gasteiger partial charge in [-0.3, -0.25) is 4.79 Å². The molecule has 0 amide bonds. The molecule has 0 unspecified atom stereocenters. The minimum Gasteiger partial charge on any atom is -0.266 e. The van der Waals surface area contributed by atoms with E-state index in [4.69, 9.17) is 0 Å². The molecule has 0 atom stereocenters. The fraction of sp³-hybridized carbons (Fsp3) is 0.0833. The van der Waals surface area contributed by atoms with Crippen molar-refractivity contribution >= 4 is 28.3 Å². The van der Waals surface area contributed by atoms with Crippen LogP contribution in [-0.4, -0.2) is 20.9 Å². The summed E-state index contributed by atoms with van der Waals surface area (Å²) in [6, 6.07) is 9.37. The molecule has 0 N–H and O–H groups in total. The van der Waals surface area contributed by atoms with Crippen LogP contribution in [-0.2, 0) is 0 Å². The van der Waals surface area contributed by atoms with Gasteiger partial charge in [-0.1, -0.05) is 17.3 Å². The Morgan fingerprint density at radius 2 is 2.24 bits per heavy atom.